The van der Waals surface area contributed by atoms with Crippen LogP contribution >= 0.6 is 0 Å². The summed E-state index contributed by atoms with van der Waals surface area (Å²) in [6.07, 6.45) is -0.335. The maximum absolute atomic E-state index is 13.6. The molecule has 21 heavy (non-hydrogen) atoms. The fraction of sp³-hybridized carbons (Fsp3) is 0.188. The van der Waals surface area contributed by atoms with Gasteiger partial charge in [0.05, 0.1) is 0 Å². The highest BCUT2D eigenvalue weighted by Gasteiger charge is 2.18. The van der Waals surface area contributed by atoms with Gasteiger partial charge < -0.3 is 9.47 Å². The van der Waals surface area contributed by atoms with Crippen LogP contribution in [-0.2, 0) is 6.42 Å². The van der Waals surface area contributed by atoms with Crippen molar-refractivity contribution in [1.82, 2.24) is 0 Å². The number of benzene rings is 2. The topological polar surface area (TPSA) is 35.5 Å². The van der Waals surface area contributed by atoms with Crippen LogP contribution in [-0.4, -0.2) is 19.0 Å². The molecule has 0 saturated heterocycles. The Morgan fingerprint density at radius 2 is 1.67 bits per heavy atom. The van der Waals surface area contributed by atoms with Crippen molar-refractivity contribution in [1.29, 1.82) is 0 Å². The van der Waals surface area contributed by atoms with Gasteiger partial charge >= 0.3 is 0 Å². The van der Waals surface area contributed by atoms with Crippen LogP contribution in [0.1, 0.15) is 15.9 Å². The zero-order chi connectivity index (χ0) is 14.8. The Morgan fingerprint density at radius 3 is 2.38 bits per heavy atom. The summed E-state index contributed by atoms with van der Waals surface area (Å²) >= 11 is 0. The second-order valence-corrected chi connectivity index (χ2v) is 4.66. The number of hydrogen-bond acceptors (Lipinski definition) is 3. The van der Waals surface area contributed by atoms with Gasteiger partial charge in [0.2, 0.25) is 0 Å². The van der Waals surface area contributed by atoms with Crippen LogP contribution in [0.2, 0.25) is 0 Å². The first-order chi connectivity index (χ1) is 10.1. The van der Waals surface area contributed by atoms with Crippen molar-refractivity contribution in [2.45, 2.75) is 6.42 Å². The maximum Gasteiger partial charge on any atom is 0.167 e. The molecule has 3 rings (SSSR count). The van der Waals surface area contributed by atoms with Crippen LogP contribution < -0.4 is 9.47 Å². The number of fused-ring (bicyclic) bond motifs is 1. The van der Waals surface area contributed by atoms with E-state index in [-0.39, 0.29) is 17.8 Å². The lowest BCUT2D eigenvalue weighted by atomic mass is 10.0. The van der Waals surface area contributed by atoms with E-state index in [1.165, 1.54) is 12.1 Å². The second-order valence-electron chi connectivity index (χ2n) is 4.66. The maximum atomic E-state index is 13.6. The average molecular weight is 290 g/mol. The first-order valence-electron chi connectivity index (χ1n) is 6.51. The first kappa shape index (κ1) is 13.5. The Morgan fingerprint density at radius 1 is 1.00 bits per heavy atom. The monoisotopic (exact) mass is 290 g/mol. The molecule has 0 fully saturated rings. The molecule has 2 aromatic carbocycles. The van der Waals surface area contributed by atoms with Gasteiger partial charge in [0.25, 0.3) is 0 Å². The molecule has 0 atom stereocenters. The SMILES string of the molecule is O=C(Cc1c(F)cccc1F)c1ccc2c(c1)OCCO2. The van der Waals surface area contributed by atoms with Crippen molar-refractivity contribution in [2.24, 2.45) is 0 Å². The highest BCUT2D eigenvalue weighted by Crippen LogP contribution is 2.31. The summed E-state index contributed by atoms with van der Waals surface area (Å²) in [5, 5.41) is 0. The van der Waals surface area contributed by atoms with Crippen LogP contribution in [0.4, 0.5) is 8.78 Å². The largest absolute Gasteiger partial charge is 0.486 e. The zero-order valence-electron chi connectivity index (χ0n) is 11.1. The fourth-order valence-corrected chi connectivity index (χ4v) is 2.18. The highest BCUT2D eigenvalue weighted by atomic mass is 19.1. The smallest absolute Gasteiger partial charge is 0.167 e. The summed E-state index contributed by atoms with van der Waals surface area (Å²) in [5.41, 5.74) is 0.110. The average Bonchev–Trinajstić information content (AvgIpc) is 2.50. The summed E-state index contributed by atoms with van der Waals surface area (Å²) in [5.74, 6) is -0.784. The molecule has 1 heterocycles. The van der Waals surface area contributed by atoms with Crippen LogP contribution in [0, 0.1) is 11.6 Å². The lowest BCUT2D eigenvalue weighted by molar-refractivity contribution is 0.0989. The number of ether oxygens (including phenoxy) is 2. The molecule has 108 valence electrons. The Labute approximate surface area is 120 Å². The molecule has 0 radical (unpaired) electrons. The number of carbonyl (C=O) groups excluding carboxylic acids is 1. The van der Waals surface area contributed by atoms with Crippen LogP contribution in [0.15, 0.2) is 36.4 Å². The van der Waals surface area contributed by atoms with E-state index >= 15 is 0 Å². The van der Waals surface area contributed by atoms with Crippen LogP contribution in [0.5, 0.6) is 11.5 Å². The minimum absolute atomic E-state index is 0.225. The van der Waals surface area contributed by atoms with Crippen molar-refractivity contribution in [3.8, 4) is 11.5 Å². The van der Waals surface area contributed by atoms with E-state index in [1.54, 1.807) is 12.1 Å². The van der Waals surface area contributed by atoms with Gasteiger partial charge in [0, 0.05) is 17.5 Å². The molecule has 1 aliphatic heterocycles. The van der Waals surface area contributed by atoms with Gasteiger partial charge in [-0.3, -0.25) is 4.79 Å². The fourth-order valence-electron chi connectivity index (χ4n) is 2.18. The second kappa shape index (κ2) is 5.52. The molecule has 0 aliphatic carbocycles. The quantitative estimate of drug-likeness (QED) is 0.815. The minimum atomic E-state index is -0.721. The molecular weight excluding hydrogens is 278 g/mol. The normalized spacial score (nSPS) is 13.0. The van der Waals surface area contributed by atoms with E-state index in [2.05, 4.69) is 0 Å². The summed E-state index contributed by atoms with van der Waals surface area (Å²) in [7, 11) is 0. The lowest BCUT2D eigenvalue weighted by Crippen LogP contribution is -2.16. The van der Waals surface area contributed by atoms with Crippen molar-refractivity contribution >= 4 is 5.78 Å². The summed E-state index contributed by atoms with van der Waals surface area (Å²) in [4.78, 5) is 12.2. The number of carbonyl (C=O) groups is 1. The van der Waals surface area contributed by atoms with E-state index in [4.69, 9.17) is 9.47 Å². The molecule has 3 nitrogen and oxygen atoms in total. The molecule has 1 aliphatic rings. The van der Waals surface area contributed by atoms with Crippen molar-refractivity contribution < 1.29 is 23.0 Å². The minimum Gasteiger partial charge on any atom is -0.486 e. The van der Waals surface area contributed by atoms with E-state index in [0.29, 0.717) is 30.3 Å². The Bertz CT molecular complexity index is 678. The summed E-state index contributed by atoms with van der Waals surface area (Å²) in [6.45, 7) is 0.868. The lowest BCUT2D eigenvalue weighted by Gasteiger charge is -2.18. The third-order valence-corrected chi connectivity index (χ3v) is 3.26. The third-order valence-electron chi connectivity index (χ3n) is 3.26. The zero-order valence-corrected chi connectivity index (χ0v) is 11.1. The number of ketones is 1. The Balaban J connectivity index is 1.86. The Kier molecular flexibility index (Phi) is 3.56. The van der Waals surface area contributed by atoms with Gasteiger partial charge in [-0.2, -0.15) is 0 Å². The standard InChI is InChI=1S/C16H12F2O3/c17-12-2-1-3-13(18)11(12)9-14(19)10-4-5-15-16(8-10)21-7-6-20-15/h1-5,8H,6-7,9H2. The summed E-state index contributed by atoms with van der Waals surface area (Å²) < 4.78 is 37.9. The van der Waals surface area contributed by atoms with Gasteiger partial charge in [0.1, 0.15) is 24.8 Å². The molecule has 0 bridgehead atoms. The number of halogens is 2. The molecule has 0 aromatic heterocycles. The van der Waals surface area contributed by atoms with E-state index in [0.717, 1.165) is 12.1 Å². The molecule has 2 aromatic rings. The molecule has 0 unspecified atom stereocenters. The van der Waals surface area contributed by atoms with Crippen molar-refractivity contribution in [2.75, 3.05) is 13.2 Å². The van der Waals surface area contributed by atoms with Crippen molar-refractivity contribution in [3.63, 3.8) is 0 Å². The van der Waals surface area contributed by atoms with Gasteiger partial charge in [-0.05, 0) is 30.3 Å². The predicted molar refractivity (Wildman–Crippen MR) is 71.8 cm³/mol. The van der Waals surface area contributed by atoms with Gasteiger partial charge in [-0.15, -0.1) is 0 Å². The Hall–Kier alpha value is -2.43. The molecule has 0 spiro atoms. The number of hydrogen-bond donors (Lipinski definition) is 0. The van der Waals surface area contributed by atoms with Gasteiger partial charge in [0.15, 0.2) is 17.3 Å². The van der Waals surface area contributed by atoms with Crippen LogP contribution in [0.3, 0.4) is 0 Å². The molecule has 0 N–H and O–H groups in total. The number of rotatable bonds is 3. The van der Waals surface area contributed by atoms with Gasteiger partial charge in [-0.25, -0.2) is 8.78 Å². The third kappa shape index (κ3) is 2.72. The first-order valence-corrected chi connectivity index (χ1v) is 6.51. The van der Waals surface area contributed by atoms with Crippen molar-refractivity contribution in [3.05, 3.63) is 59.2 Å². The molecule has 0 amide bonds. The van der Waals surface area contributed by atoms with E-state index < -0.39 is 11.6 Å². The molecule has 5 heteroatoms. The van der Waals surface area contributed by atoms with Crippen LogP contribution in [0.25, 0.3) is 0 Å². The highest BCUT2D eigenvalue weighted by molar-refractivity contribution is 5.98. The predicted octanol–water partition coefficient (Wildman–Crippen LogP) is 3.16. The number of Topliss-reactive ketones (excluding diaryl/α,β-unsaturated/α-hetero) is 1. The molecule has 0 saturated carbocycles. The van der Waals surface area contributed by atoms with Gasteiger partial charge in [-0.1, -0.05) is 6.07 Å². The van der Waals surface area contributed by atoms with E-state index in [9.17, 15) is 13.6 Å². The summed E-state index contributed by atoms with van der Waals surface area (Å²) in [6, 6.07) is 8.26. The van der Waals surface area contributed by atoms with E-state index in [1.807, 2.05) is 0 Å². The molecular formula is C16H12F2O3.